The van der Waals surface area contributed by atoms with Gasteiger partial charge in [-0.05, 0) is 29.7 Å². The molecule has 14 heavy (non-hydrogen) atoms. The Bertz CT molecular complexity index is 263. The molecule has 0 heterocycles. The molecule has 0 radical (unpaired) electrons. The molecule has 2 atom stereocenters. The average Bonchev–Trinajstić information content (AvgIpc) is 2.01. The molecule has 0 saturated carbocycles. The van der Waals surface area contributed by atoms with Gasteiger partial charge < -0.3 is 0 Å². The lowest BCUT2D eigenvalue weighted by Gasteiger charge is -2.33. The van der Waals surface area contributed by atoms with E-state index in [4.69, 9.17) is 0 Å². The molecule has 3 nitrogen and oxygen atoms in total. The largest absolute Gasteiger partial charge is 0.259 e. The molecule has 80 valence electrons. The maximum absolute atomic E-state index is 10.7. The molecule has 0 amide bonds. The fourth-order valence-corrected chi connectivity index (χ4v) is 2.04. The third-order valence-electron chi connectivity index (χ3n) is 3.05. The summed E-state index contributed by atoms with van der Waals surface area (Å²) in [5, 5.41) is 10.7. The smallest absolute Gasteiger partial charge is 0.242 e. The van der Waals surface area contributed by atoms with Crippen LogP contribution in [0, 0.1) is 27.4 Å². The fourth-order valence-electron chi connectivity index (χ4n) is 2.04. The third kappa shape index (κ3) is 2.56. The zero-order valence-electron chi connectivity index (χ0n) is 9.41. The van der Waals surface area contributed by atoms with Gasteiger partial charge in [0, 0.05) is 6.42 Å². The molecule has 1 aliphatic rings. The molecular weight excluding hydrogens is 178 g/mol. The lowest BCUT2D eigenvalue weighted by atomic mass is 9.71. The van der Waals surface area contributed by atoms with Crippen molar-refractivity contribution in [1.82, 2.24) is 0 Å². The molecule has 2 unspecified atom stereocenters. The molecule has 0 aromatic heterocycles. The maximum atomic E-state index is 10.7. The number of allylic oxidation sites excluding steroid dienone is 2. The Hall–Kier alpha value is -0.860. The van der Waals surface area contributed by atoms with Gasteiger partial charge in [0.15, 0.2) is 0 Å². The van der Waals surface area contributed by atoms with Crippen molar-refractivity contribution in [2.75, 3.05) is 0 Å². The van der Waals surface area contributed by atoms with Gasteiger partial charge in [-0.3, -0.25) is 10.1 Å². The van der Waals surface area contributed by atoms with Crippen molar-refractivity contribution in [1.29, 1.82) is 0 Å². The Balaban J connectivity index is 2.81. The van der Waals surface area contributed by atoms with Crippen molar-refractivity contribution in [3.63, 3.8) is 0 Å². The normalized spacial score (nSPS) is 28.4. The zero-order valence-corrected chi connectivity index (χ0v) is 9.41. The topological polar surface area (TPSA) is 43.1 Å². The van der Waals surface area contributed by atoms with Crippen LogP contribution < -0.4 is 0 Å². The van der Waals surface area contributed by atoms with Crippen LogP contribution in [0.2, 0.25) is 0 Å². The van der Waals surface area contributed by atoms with E-state index >= 15 is 0 Å². The first-order valence-electron chi connectivity index (χ1n) is 5.16. The Morgan fingerprint density at radius 2 is 2.07 bits per heavy atom. The van der Waals surface area contributed by atoms with Crippen molar-refractivity contribution in [2.45, 2.75) is 40.5 Å². The first-order chi connectivity index (χ1) is 6.30. The molecule has 0 aromatic rings. The van der Waals surface area contributed by atoms with Crippen LogP contribution in [-0.2, 0) is 0 Å². The van der Waals surface area contributed by atoms with Crippen LogP contribution in [0.25, 0.3) is 0 Å². The fraction of sp³-hybridized carbons (Fsp3) is 0.818. The summed E-state index contributed by atoms with van der Waals surface area (Å²) in [6.07, 6.45) is 3.50. The number of nitro groups is 1. The van der Waals surface area contributed by atoms with E-state index < -0.39 is 0 Å². The summed E-state index contributed by atoms with van der Waals surface area (Å²) in [6, 6.07) is 0. The molecule has 0 saturated heterocycles. The highest BCUT2D eigenvalue weighted by molar-refractivity contribution is 5.03. The Kier molecular flexibility index (Phi) is 2.98. The van der Waals surface area contributed by atoms with Crippen molar-refractivity contribution >= 4 is 0 Å². The van der Waals surface area contributed by atoms with Crippen LogP contribution in [0.15, 0.2) is 11.8 Å². The van der Waals surface area contributed by atoms with Crippen LogP contribution in [0.5, 0.6) is 0 Å². The minimum Gasteiger partial charge on any atom is -0.259 e. The van der Waals surface area contributed by atoms with Gasteiger partial charge in [-0.25, -0.2) is 0 Å². The van der Waals surface area contributed by atoms with Crippen LogP contribution in [0.1, 0.15) is 40.5 Å². The monoisotopic (exact) mass is 197 g/mol. The lowest BCUT2D eigenvalue weighted by Crippen LogP contribution is -2.27. The van der Waals surface area contributed by atoms with Gasteiger partial charge in [0.25, 0.3) is 0 Å². The Morgan fingerprint density at radius 3 is 2.50 bits per heavy atom. The molecule has 0 spiro atoms. The molecule has 3 heteroatoms. The Labute approximate surface area is 85.3 Å². The molecule has 0 bridgehead atoms. The van der Waals surface area contributed by atoms with Crippen LogP contribution >= 0.6 is 0 Å². The molecular formula is C11H19NO2. The predicted octanol–water partition coefficient (Wildman–Crippen LogP) is 3.24. The summed E-state index contributed by atoms with van der Waals surface area (Å²) in [5.41, 5.74) is 0.577. The van der Waals surface area contributed by atoms with Gasteiger partial charge in [0.1, 0.15) is 0 Å². The minimum absolute atomic E-state index is 0.170. The van der Waals surface area contributed by atoms with Gasteiger partial charge >= 0.3 is 0 Å². The van der Waals surface area contributed by atoms with E-state index in [9.17, 15) is 10.1 Å². The highest BCUT2D eigenvalue weighted by Crippen LogP contribution is 2.39. The summed E-state index contributed by atoms with van der Waals surface area (Å²) in [4.78, 5) is 10.5. The van der Waals surface area contributed by atoms with E-state index in [1.165, 1.54) is 0 Å². The highest BCUT2D eigenvalue weighted by Gasteiger charge is 2.33. The van der Waals surface area contributed by atoms with E-state index in [2.05, 4.69) is 27.7 Å². The van der Waals surface area contributed by atoms with E-state index in [1.54, 1.807) is 0 Å². The second-order valence-corrected chi connectivity index (χ2v) is 5.40. The summed E-state index contributed by atoms with van der Waals surface area (Å²) in [7, 11) is 0. The zero-order chi connectivity index (χ0) is 10.9. The quantitative estimate of drug-likeness (QED) is 0.478. The second kappa shape index (κ2) is 3.71. The van der Waals surface area contributed by atoms with Gasteiger partial charge in [-0.15, -0.1) is 0 Å². The lowest BCUT2D eigenvalue weighted by molar-refractivity contribution is -0.431. The van der Waals surface area contributed by atoms with Crippen molar-refractivity contribution in [2.24, 2.45) is 17.3 Å². The molecule has 0 fully saturated rings. The number of rotatable bonds is 1. The van der Waals surface area contributed by atoms with Crippen molar-refractivity contribution in [3.8, 4) is 0 Å². The predicted molar refractivity (Wildman–Crippen MR) is 56.4 cm³/mol. The van der Waals surface area contributed by atoms with Gasteiger partial charge in [0.05, 0.1) is 4.92 Å². The molecule has 0 N–H and O–H groups in total. The van der Waals surface area contributed by atoms with Crippen LogP contribution in [-0.4, -0.2) is 4.92 Å². The first-order valence-corrected chi connectivity index (χ1v) is 5.16. The van der Waals surface area contributed by atoms with E-state index in [-0.39, 0.29) is 10.3 Å². The molecule has 1 aliphatic carbocycles. The standard InChI is InChI=1S/C11H19NO2/c1-8-5-9(11(2,3)4)7-10(6-8)12(13)14/h6,8-9H,5,7H2,1-4H3. The van der Waals surface area contributed by atoms with Crippen molar-refractivity contribution in [3.05, 3.63) is 21.9 Å². The number of nitrogens with zero attached hydrogens (tertiary/aromatic N) is 1. The maximum Gasteiger partial charge on any atom is 0.242 e. The molecule has 1 rings (SSSR count). The third-order valence-corrected chi connectivity index (χ3v) is 3.05. The molecule has 0 aliphatic heterocycles. The number of hydrogen-bond donors (Lipinski definition) is 0. The van der Waals surface area contributed by atoms with Crippen LogP contribution in [0.3, 0.4) is 0 Å². The summed E-state index contributed by atoms with van der Waals surface area (Å²) in [6.45, 7) is 8.54. The molecule has 0 aromatic carbocycles. The second-order valence-electron chi connectivity index (χ2n) is 5.40. The van der Waals surface area contributed by atoms with E-state index in [0.717, 1.165) is 6.42 Å². The average molecular weight is 197 g/mol. The van der Waals surface area contributed by atoms with E-state index in [0.29, 0.717) is 24.0 Å². The van der Waals surface area contributed by atoms with Gasteiger partial charge in [0.2, 0.25) is 5.70 Å². The van der Waals surface area contributed by atoms with E-state index in [1.807, 2.05) is 6.08 Å². The number of hydrogen-bond acceptors (Lipinski definition) is 2. The minimum atomic E-state index is -0.228. The highest BCUT2D eigenvalue weighted by atomic mass is 16.6. The van der Waals surface area contributed by atoms with Gasteiger partial charge in [-0.1, -0.05) is 27.7 Å². The summed E-state index contributed by atoms with van der Waals surface area (Å²) < 4.78 is 0. The van der Waals surface area contributed by atoms with Crippen LogP contribution in [0.4, 0.5) is 0 Å². The van der Waals surface area contributed by atoms with Crippen molar-refractivity contribution < 1.29 is 4.92 Å². The van der Waals surface area contributed by atoms with Gasteiger partial charge in [-0.2, -0.15) is 0 Å². The first kappa shape index (κ1) is 11.2. The summed E-state index contributed by atoms with van der Waals surface area (Å²) >= 11 is 0. The SMILES string of the molecule is CC1C=C([N+](=O)[O-])CC(C(C)(C)C)C1. The Morgan fingerprint density at radius 1 is 1.50 bits per heavy atom. The summed E-state index contributed by atoms with van der Waals surface area (Å²) in [5.74, 6) is 0.774.